The summed E-state index contributed by atoms with van der Waals surface area (Å²) in [5.74, 6) is 3.83. The van der Waals surface area contributed by atoms with Gasteiger partial charge < -0.3 is 14.5 Å². The lowest BCUT2D eigenvalue weighted by Gasteiger charge is -2.59. The summed E-state index contributed by atoms with van der Waals surface area (Å²) in [6.45, 7) is 10.3. The van der Waals surface area contributed by atoms with Crippen molar-refractivity contribution in [2.75, 3.05) is 26.7 Å². The fourth-order valence-corrected chi connectivity index (χ4v) is 7.91. The number of rotatable bonds is 5. The molecule has 6 atom stereocenters. The Balaban J connectivity index is 1.25. The lowest BCUT2D eigenvalue weighted by Crippen LogP contribution is -2.63. The molecule has 0 aromatic heterocycles. The highest BCUT2D eigenvalue weighted by Crippen LogP contribution is 2.57. The molecule has 2 aliphatic heterocycles. The van der Waals surface area contributed by atoms with Gasteiger partial charge in [-0.15, -0.1) is 0 Å². The zero-order valence-corrected chi connectivity index (χ0v) is 20.6. The van der Waals surface area contributed by atoms with Gasteiger partial charge in [-0.05, 0) is 112 Å². The number of ether oxygens (including phenoxy) is 1. The summed E-state index contributed by atoms with van der Waals surface area (Å²) in [4.78, 5) is 17.3. The second-order valence-corrected chi connectivity index (χ2v) is 11.5. The van der Waals surface area contributed by atoms with Crippen LogP contribution in [-0.4, -0.2) is 54.0 Å². The number of benzene rings is 1. The number of carbonyl (C=O) groups is 1. The van der Waals surface area contributed by atoms with Crippen LogP contribution in [0.5, 0.6) is 5.75 Å². The molecule has 2 saturated heterocycles. The summed E-state index contributed by atoms with van der Waals surface area (Å²) >= 11 is 0. The Kier molecular flexibility index (Phi) is 6.03. The molecule has 0 N–H and O–H groups in total. The third-order valence-electron chi connectivity index (χ3n) is 9.72. The zero-order chi connectivity index (χ0) is 22.5. The van der Waals surface area contributed by atoms with Crippen molar-refractivity contribution in [2.45, 2.75) is 89.6 Å². The van der Waals surface area contributed by atoms with Gasteiger partial charge in [-0.25, -0.2) is 0 Å². The Hall–Kier alpha value is -1.55. The highest BCUT2D eigenvalue weighted by Gasteiger charge is 2.55. The summed E-state index contributed by atoms with van der Waals surface area (Å²) in [5.41, 5.74) is 3.10. The number of hydrogen-bond acceptors (Lipinski definition) is 3. The van der Waals surface area contributed by atoms with E-state index in [1.54, 1.807) is 5.56 Å². The second kappa shape index (κ2) is 8.66. The van der Waals surface area contributed by atoms with Gasteiger partial charge in [-0.2, -0.15) is 0 Å². The van der Waals surface area contributed by atoms with E-state index in [2.05, 4.69) is 48.8 Å². The van der Waals surface area contributed by atoms with Crippen molar-refractivity contribution < 1.29 is 9.53 Å². The highest BCUT2D eigenvalue weighted by atomic mass is 16.5. The fraction of sp³-hybridized carbons (Fsp3) is 0.750. The maximum absolute atomic E-state index is 12.6. The van der Waals surface area contributed by atoms with Crippen LogP contribution >= 0.6 is 0 Å². The van der Waals surface area contributed by atoms with E-state index in [1.165, 1.54) is 37.8 Å². The minimum Gasteiger partial charge on any atom is -0.494 e. The Morgan fingerprint density at radius 3 is 2.81 bits per heavy atom. The maximum Gasteiger partial charge on any atom is 0.223 e. The van der Waals surface area contributed by atoms with Gasteiger partial charge in [0, 0.05) is 31.6 Å². The number of amides is 1. The summed E-state index contributed by atoms with van der Waals surface area (Å²) in [5, 5.41) is 0. The van der Waals surface area contributed by atoms with Crippen LogP contribution in [0.4, 0.5) is 0 Å². The van der Waals surface area contributed by atoms with Crippen LogP contribution in [0, 0.1) is 17.8 Å². The third kappa shape index (κ3) is 3.77. The van der Waals surface area contributed by atoms with Gasteiger partial charge >= 0.3 is 0 Å². The van der Waals surface area contributed by atoms with Crippen LogP contribution in [0.25, 0.3) is 0 Å². The Bertz CT molecular complexity index is 854. The Morgan fingerprint density at radius 1 is 1.19 bits per heavy atom. The summed E-state index contributed by atoms with van der Waals surface area (Å²) < 4.78 is 6.18. The van der Waals surface area contributed by atoms with Gasteiger partial charge in [0.15, 0.2) is 0 Å². The number of carbonyl (C=O) groups excluding carboxylic acids is 1. The van der Waals surface area contributed by atoms with E-state index in [4.69, 9.17) is 4.74 Å². The van der Waals surface area contributed by atoms with Crippen LogP contribution in [0.15, 0.2) is 18.2 Å². The SMILES string of the molecule is C[C@@H]1CC(=O)N(C)[C@@]2(C)CC[C@@H]3c4ccc(OCCCN5CCC[C@H]5C)cc4CC[C@H]3[C@H]12. The Morgan fingerprint density at radius 2 is 2.03 bits per heavy atom. The van der Waals surface area contributed by atoms with Crippen LogP contribution in [0.1, 0.15) is 82.8 Å². The zero-order valence-electron chi connectivity index (χ0n) is 20.6. The quantitative estimate of drug-likeness (QED) is 0.589. The monoisotopic (exact) mass is 438 g/mol. The number of fused-ring (bicyclic) bond motifs is 5. The molecule has 1 saturated carbocycles. The van der Waals surface area contributed by atoms with Gasteiger partial charge in [0.2, 0.25) is 5.91 Å². The molecular weight excluding hydrogens is 396 g/mol. The molecule has 4 aliphatic rings. The molecule has 1 amide bonds. The second-order valence-electron chi connectivity index (χ2n) is 11.5. The fourth-order valence-electron chi connectivity index (χ4n) is 7.91. The van der Waals surface area contributed by atoms with Crippen LogP contribution in [0.2, 0.25) is 0 Å². The largest absolute Gasteiger partial charge is 0.494 e. The van der Waals surface area contributed by atoms with E-state index in [1.807, 2.05) is 7.05 Å². The van der Waals surface area contributed by atoms with E-state index in [-0.39, 0.29) is 5.54 Å². The maximum atomic E-state index is 12.6. The first-order valence-corrected chi connectivity index (χ1v) is 13.1. The van der Waals surface area contributed by atoms with Gasteiger partial charge in [0.05, 0.1) is 6.61 Å². The summed E-state index contributed by atoms with van der Waals surface area (Å²) in [6.07, 6.45) is 9.24. The molecule has 0 radical (unpaired) electrons. The van der Waals surface area contributed by atoms with Crippen LogP contribution in [-0.2, 0) is 11.2 Å². The molecule has 0 bridgehead atoms. The number of likely N-dealkylation sites (tertiary alicyclic amines) is 2. The molecule has 5 rings (SSSR count). The number of piperidine rings is 1. The van der Waals surface area contributed by atoms with Gasteiger partial charge in [-0.1, -0.05) is 13.0 Å². The summed E-state index contributed by atoms with van der Waals surface area (Å²) in [7, 11) is 2.05. The van der Waals surface area contributed by atoms with Gasteiger partial charge in [0.1, 0.15) is 5.75 Å². The lowest BCUT2D eigenvalue weighted by atomic mass is 9.53. The molecule has 4 heteroatoms. The molecule has 2 aliphatic carbocycles. The first-order valence-electron chi connectivity index (χ1n) is 13.1. The van der Waals surface area contributed by atoms with E-state index in [9.17, 15) is 4.79 Å². The predicted octanol–water partition coefficient (Wildman–Crippen LogP) is 5.25. The average molecular weight is 439 g/mol. The van der Waals surface area contributed by atoms with Crippen LogP contribution < -0.4 is 4.74 Å². The topological polar surface area (TPSA) is 32.8 Å². The lowest BCUT2D eigenvalue weighted by molar-refractivity contribution is -0.154. The number of nitrogens with zero attached hydrogens (tertiary/aromatic N) is 2. The minimum atomic E-state index is 0.0311. The van der Waals surface area contributed by atoms with Crippen molar-refractivity contribution in [3.8, 4) is 5.75 Å². The predicted molar refractivity (Wildman–Crippen MR) is 129 cm³/mol. The molecule has 1 aromatic carbocycles. The van der Waals surface area contributed by atoms with Gasteiger partial charge in [0.25, 0.3) is 0 Å². The number of aryl methyl sites for hydroxylation is 1. The number of hydrogen-bond donors (Lipinski definition) is 0. The molecular formula is C28H42N2O2. The molecule has 3 fully saturated rings. The van der Waals surface area contributed by atoms with Crippen LogP contribution in [0.3, 0.4) is 0 Å². The molecule has 4 nitrogen and oxygen atoms in total. The molecule has 0 unspecified atom stereocenters. The molecule has 0 spiro atoms. The van der Waals surface area contributed by atoms with Crippen molar-refractivity contribution in [1.29, 1.82) is 0 Å². The molecule has 2 heterocycles. The van der Waals surface area contributed by atoms with Crippen molar-refractivity contribution in [2.24, 2.45) is 17.8 Å². The van der Waals surface area contributed by atoms with Gasteiger partial charge in [-0.3, -0.25) is 4.79 Å². The Labute approximate surface area is 194 Å². The van der Waals surface area contributed by atoms with E-state index < -0.39 is 0 Å². The molecule has 176 valence electrons. The first-order chi connectivity index (χ1) is 15.4. The van der Waals surface area contributed by atoms with E-state index >= 15 is 0 Å². The van der Waals surface area contributed by atoms with Crippen molar-refractivity contribution >= 4 is 5.91 Å². The standard InChI is InChI=1S/C28H42N2O2/c1-19-17-26(31)29(4)28(3)13-12-24-23-11-9-22(18-21(23)8-10-25(24)27(19)28)32-16-6-15-30-14-5-7-20(30)2/h9,11,18-20,24-25,27H,5-8,10,12-17H2,1-4H3/t19-,20-,24-,25-,27+,28+/m1/s1. The first kappa shape index (κ1) is 22.3. The molecule has 1 aromatic rings. The third-order valence-corrected chi connectivity index (χ3v) is 9.72. The van der Waals surface area contributed by atoms with E-state index in [0.717, 1.165) is 50.6 Å². The average Bonchev–Trinajstić information content (AvgIpc) is 3.19. The van der Waals surface area contributed by atoms with E-state index in [0.29, 0.717) is 29.6 Å². The summed E-state index contributed by atoms with van der Waals surface area (Å²) in [6, 6.07) is 7.66. The van der Waals surface area contributed by atoms with Crippen molar-refractivity contribution in [3.05, 3.63) is 29.3 Å². The molecule has 32 heavy (non-hydrogen) atoms. The van der Waals surface area contributed by atoms with Crippen molar-refractivity contribution in [1.82, 2.24) is 9.80 Å². The highest BCUT2D eigenvalue weighted by molar-refractivity contribution is 5.78. The normalized spacial score (nSPS) is 37.1. The minimum absolute atomic E-state index is 0.0311. The smallest absolute Gasteiger partial charge is 0.223 e. The van der Waals surface area contributed by atoms with Crippen molar-refractivity contribution in [3.63, 3.8) is 0 Å².